The molecule has 1 aromatic carbocycles. The monoisotopic (exact) mass is 435 g/mol. The summed E-state index contributed by atoms with van der Waals surface area (Å²) in [5.41, 5.74) is 0.354. The Bertz CT molecular complexity index is 726. The summed E-state index contributed by atoms with van der Waals surface area (Å²) in [7, 11) is 0. The van der Waals surface area contributed by atoms with Crippen molar-refractivity contribution in [2.45, 2.75) is 10.3 Å². The number of rotatable bonds is 3. The number of Topliss-reactive ketones (excluding diaryl/α,β-unsaturated/α-hetero) is 1. The van der Waals surface area contributed by atoms with Gasteiger partial charge in [0.15, 0.2) is 5.78 Å². The number of carbonyl (C=O) groups is 3. The molecule has 0 heterocycles. The Morgan fingerprint density at radius 2 is 2.05 bits per heavy atom. The average Bonchev–Trinajstić information content (AvgIpc) is 2.43. The number of ketones is 1. The Hall–Kier alpha value is -1.61. The summed E-state index contributed by atoms with van der Waals surface area (Å²) in [6.07, 6.45) is 0. The number of alkyl halides is 1. The molecule has 1 aromatic rings. The van der Waals surface area contributed by atoms with Crippen LogP contribution in [0.25, 0.3) is 5.76 Å². The largest absolute Gasteiger partial charge is 0.506 e. The number of nitrogens with one attached hydrogen (secondary N) is 1. The molecule has 1 atom stereocenters. The topological polar surface area (TPSA) is 104 Å². The Morgan fingerprint density at radius 3 is 2.64 bits per heavy atom. The molecular weight excluding hydrogens is 425 g/mol. The van der Waals surface area contributed by atoms with Crippen LogP contribution in [0.2, 0.25) is 5.02 Å². The van der Waals surface area contributed by atoms with Crippen molar-refractivity contribution in [1.82, 2.24) is 5.32 Å². The van der Waals surface area contributed by atoms with Gasteiger partial charge in [0, 0.05) is 10.6 Å². The molecule has 1 aliphatic rings. The Kier molecular flexibility index (Phi) is 4.48. The lowest BCUT2D eigenvalue weighted by atomic mass is 9.81. The molecule has 0 unspecified atom stereocenters. The summed E-state index contributed by atoms with van der Waals surface area (Å²) < 4.78 is -1.07. The summed E-state index contributed by atoms with van der Waals surface area (Å²) in [6.45, 7) is 0.961. The van der Waals surface area contributed by atoms with Crippen LogP contribution in [0.3, 0.4) is 0 Å². The van der Waals surface area contributed by atoms with E-state index in [1.807, 2.05) is 22.6 Å². The Balaban J connectivity index is 2.57. The number of carboxylic acids is 1. The fourth-order valence-electron chi connectivity index (χ4n) is 2.18. The molecule has 22 heavy (non-hydrogen) atoms. The first-order chi connectivity index (χ1) is 10.2. The predicted octanol–water partition coefficient (Wildman–Crippen LogP) is 2.04. The smallest absolute Gasteiger partial charge is 0.322 e. The van der Waals surface area contributed by atoms with Gasteiger partial charge in [0.1, 0.15) is 21.3 Å². The van der Waals surface area contributed by atoms with Gasteiger partial charge in [-0.05, 0) is 24.6 Å². The van der Waals surface area contributed by atoms with Gasteiger partial charge in [0.05, 0.1) is 0 Å². The molecule has 3 N–H and O–H groups in total. The maximum atomic E-state index is 12.5. The molecule has 0 bridgehead atoms. The molecule has 0 radical (unpaired) electrons. The fraction of sp³-hybridized carbons (Fsp3) is 0.214. The Morgan fingerprint density at radius 1 is 1.41 bits per heavy atom. The summed E-state index contributed by atoms with van der Waals surface area (Å²) in [6, 6.07) is 4.66. The number of hydrogen-bond donors (Lipinski definition) is 3. The molecule has 1 amide bonds. The number of carbonyl (C=O) groups excluding carboxylic acids is 2. The quantitative estimate of drug-likeness (QED) is 0.383. The molecular formula is C14H11ClINO5. The van der Waals surface area contributed by atoms with Crippen LogP contribution in [0, 0.1) is 0 Å². The number of carboxylic acid groups (broad SMARTS) is 1. The predicted molar refractivity (Wildman–Crippen MR) is 88.0 cm³/mol. The number of amides is 1. The van der Waals surface area contributed by atoms with E-state index in [0.717, 1.165) is 0 Å². The lowest BCUT2D eigenvalue weighted by Crippen LogP contribution is -2.40. The van der Waals surface area contributed by atoms with Gasteiger partial charge in [-0.25, -0.2) is 0 Å². The van der Waals surface area contributed by atoms with Crippen molar-refractivity contribution in [2.24, 2.45) is 0 Å². The molecule has 0 aromatic heterocycles. The van der Waals surface area contributed by atoms with E-state index in [2.05, 4.69) is 5.32 Å². The highest BCUT2D eigenvalue weighted by atomic mass is 127. The fourth-order valence-corrected chi connectivity index (χ4v) is 3.09. The summed E-state index contributed by atoms with van der Waals surface area (Å²) in [4.78, 5) is 35.1. The molecule has 6 nitrogen and oxygen atoms in total. The zero-order chi connectivity index (χ0) is 16.7. The standard InChI is InChI=1S/C14H11ClINO5/c1-14(16)8-3-2-6(15)4-7(8)11(20)10(12(14)21)13(22)17-5-9(18)19/h2-4,20H,5H2,1H3,(H,17,22)(H,18,19)/t14-/m1/s1. The molecule has 0 fully saturated rings. The van der Waals surface area contributed by atoms with Crippen molar-refractivity contribution in [3.8, 4) is 0 Å². The Labute approximate surface area is 144 Å². The average molecular weight is 436 g/mol. The zero-order valence-corrected chi connectivity index (χ0v) is 14.2. The first-order valence-electron chi connectivity index (χ1n) is 6.13. The van der Waals surface area contributed by atoms with E-state index >= 15 is 0 Å². The number of aliphatic hydroxyl groups is 1. The van der Waals surface area contributed by atoms with Crippen LogP contribution in [-0.2, 0) is 17.8 Å². The van der Waals surface area contributed by atoms with Crippen LogP contribution in [0.4, 0.5) is 0 Å². The van der Waals surface area contributed by atoms with Crippen molar-refractivity contribution in [3.05, 3.63) is 39.9 Å². The lowest BCUT2D eigenvalue weighted by Gasteiger charge is -2.30. The number of hydrogen-bond acceptors (Lipinski definition) is 4. The van der Waals surface area contributed by atoms with E-state index in [-0.39, 0.29) is 5.56 Å². The van der Waals surface area contributed by atoms with Crippen LogP contribution in [-0.4, -0.2) is 34.4 Å². The maximum absolute atomic E-state index is 12.5. The van der Waals surface area contributed by atoms with Gasteiger partial charge in [-0.2, -0.15) is 0 Å². The maximum Gasteiger partial charge on any atom is 0.322 e. The van der Waals surface area contributed by atoms with Gasteiger partial charge in [0.2, 0.25) is 0 Å². The second-order valence-electron chi connectivity index (χ2n) is 4.82. The molecule has 2 rings (SSSR count). The summed E-state index contributed by atoms with van der Waals surface area (Å²) >= 11 is 7.79. The summed E-state index contributed by atoms with van der Waals surface area (Å²) in [5, 5.41) is 21.3. The van der Waals surface area contributed by atoms with E-state index in [1.165, 1.54) is 6.07 Å². The van der Waals surface area contributed by atoms with Crippen molar-refractivity contribution in [2.75, 3.05) is 6.54 Å². The highest BCUT2D eigenvalue weighted by Crippen LogP contribution is 2.44. The highest BCUT2D eigenvalue weighted by Gasteiger charge is 2.44. The van der Waals surface area contributed by atoms with Gasteiger partial charge in [0.25, 0.3) is 5.91 Å². The lowest BCUT2D eigenvalue weighted by molar-refractivity contribution is -0.137. The molecule has 0 spiro atoms. The van der Waals surface area contributed by atoms with Crippen LogP contribution < -0.4 is 5.32 Å². The number of benzene rings is 1. The number of aliphatic hydroxyl groups excluding tert-OH is 1. The van der Waals surface area contributed by atoms with Gasteiger partial charge >= 0.3 is 5.97 Å². The van der Waals surface area contributed by atoms with Crippen molar-refractivity contribution in [3.63, 3.8) is 0 Å². The van der Waals surface area contributed by atoms with E-state index < -0.39 is 39.0 Å². The molecule has 0 saturated heterocycles. The van der Waals surface area contributed by atoms with Crippen molar-refractivity contribution < 1.29 is 24.6 Å². The number of aliphatic carboxylic acids is 1. The molecule has 8 heteroatoms. The van der Waals surface area contributed by atoms with E-state index in [0.29, 0.717) is 10.6 Å². The van der Waals surface area contributed by atoms with Crippen LogP contribution >= 0.6 is 34.2 Å². The third-order valence-electron chi connectivity index (χ3n) is 3.26. The van der Waals surface area contributed by atoms with Crippen molar-refractivity contribution >= 4 is 57.6 Å². The first-order valence-corrected chi connectivity index (χ1v) is 7.59. The van der Waals surface area contributed by atoms with Gasteiger partial charge in [-0.3, -0.25) is 14.4 Å². The third kappa shape index (κ3) is 2.82. The second kappa shape index (κ2) is 5.88. The number of halogens is 2. The highest BCUT2D eigenvalue weighted by molar-refractivity contribution is 14.1. The van der Waals surface area contributed by atoms with E-state index in [1.54, 1.807) is 19.1 Å². The zero-order valence-electron chi connectivity index (χ0n) is 11.3. The van der Waals surface area contributed by atoms with E-state index in [9.17, 15) is 19.5 Å². The molecule has 0 saturated carbocycles. The van der Waals surface area contributed by atoms with Gasteiger partial charge in [-0.1, -0.05) is 40.3 Å². The SMILES string of the molecule is C[C@]1(I)C(=O)C(C(=O)NCC(=O)O)=C(O)c2cc(Cl)ccc21. The minimum absolute atomic E-state index is 0.282. The van der Waals surface area contributed by atoms with E-state index in [4.69, 9.17) is 16.7 Å². The molecule has 0 aliphatic heterocycles. The number of fused-ring (bicyclic) bond motifs is 1. The minimum Gasteiger partial charge on any atom is -0.506 e. The van der Waals surface area contributed by atoms with Crippen LogP contribution in [0.5, 0.6) is 0 Å². The minimum atomic E-state index is -1.25. The molecule has 1 aliphatic carbocycles. The third-order valence-corrected chi connectivity index (χ3v) is 4.57. The van der Waals surface area contributed by atoms with Gasteiger partial charge < -0.3 is 15.5 Å². The van der Waals surface area contributed by atoms with Crippen molar-refractivity contribution in [1.29, 1.82) is 0 Å². The molecule has 116 valence electrons. The van der Waals surface area contributed by atoms with Crippen LogP contribution in [0.15, 0.2) is 23.8 Å². The second-order valence-corrected chi connectivity index (χ2v) is 7.42. The normalized spacial score (nSPS) is 20.6. The van der Waals surface area contributed by atoms with Gasteiger partial charge in [-0.15, -0.1) is 0 Å². The van der Waals surface area contributed by atoms with Crippen LogP contribution in [0.1, 0.15) is 18.1 Å². The summed E-state index contributed by atoms with van der Waals surface area (Å²) in [5.74, 6) is -3.28. The first kappa shape index (κ1) is 16.8.